The summed E-state index contributed by atoms with van der Waals surface area (Å²) in [7, 11) is 0. The maximum atomic E-state index is 11.5. The highest BCUT2D eigenvalue weighted by molar-refractivity contribution is 6.35. The van der Waals surface area contributed by atoms with E-state index in [0.717, 1.165) is 44.9 Å². The fourth-order valence-electron chi connectivity index (χ4n) is 3.98. The van der Waals surface area contributed by atoms with Crippen LogP contribution in [0.2, 0.25) is 0 Å². The summed E-state index contributed by atoms with van der Waals surface area (Å²) in [5.41, 5.74) is 1.12. The number of hydrogen-bond acceptors (Lipinski definition) is 2. The van der Waals surface area contributed by atoms with Gasteiger partial charge < -0.3 is 0 Å². The van der Waals surface area contributed by atoms with Crippen molar-refractivity contribution in [3.05, 3.63) is 71.8 Å². The van der Waals surface area contributed by atoms with Gasteiger partial charge in [-0.25, -0.2) is 0 Å². The van der Waals surface area contributed by atoms with Crippen LogP contribution in [0.4, 0.5) is 0 Å². The maximum absolute atomic E-state index is 11.5. The van der Waals surface area contributed by atoms with Gasteiger partial charge in [0.1, 0.15) is 0 Å². The zero-order valence-corrected chi connectivity index (χ0v) is 12.7. The van der Waals surface area contributed by atoms with Gasteiger partial charge in [-0.3, -0.25) is 9.59 Å². The van der Waals surface area contributed by atoms with Crippen LogP contribution in [0, 0.1) is 0 Å². The second-order valence-electron chi connectivity index (χ2n) is 6.10. The van der Waals surface area contributed by atoms with E-state index in [2.05, 4.69) is 36.4 Å². The Labute approximate surface area is 137 Å². The van der Waals surface area contributed by atoms with Gasteiger partial charge in [-0.1, -0.05) is 60.7 Å². The highest BCUT2D eigenvalue weighted by Gasteiger charge is 2.16. The maximum Gasteiger partial charge on any atom is 0.150 e. The normalized spacial score (nSPS) is 11.7. The Kier molecular flexibility index (Phi) is 2.54. The number of hydrogen-bond donors (Lipinski definition) is 0. The minimum atomic E-state index is 0.559. The average Bonchev–Trinajstić information content (AvgIpc) is 2.65. The molecule has 0 saturated carbocycles. The molecule has 0 aliphatic rings. The predicted molar refractivity (Wildman–Crippen MR) is 98.4 cm³/mol. The first kappa shape index (κ1) is 13.2. The summed E-state index contributed by atoms with van der Waals surface area (Å²) in [5, 5.41) is 8.64. The van der Waals surface area contributed by atoms with Crippen molar-refractivity contribution in [3.63, 3.8) is 0 Å². The third-order valence-corrected chi connectivity index (χ3v) is 4.96. The molecule has 0 N–H and O–H groups in total. The largest absolute Gasteiger partial charge is 0.298 e. The van der Waals surface area contributed by atoms with Crippen LogP contribution in [-0.2, 0) is 0 Å². The van der Waals surface area contributed by atoms with Gasteiger partial charge in [0, 0.05) is 16.5 Å². The van der Waals surface area contributed by atoms with Gasteiger partial charge in [0.25, 0.3) is 0 Å². The number of benzene rings is 5. The van der Waals surface area contributed by atoms with Crippen molar-refractivity contribution < 1.29 is 9.59 Å². The van der Waals surface area contributed by atoms with E-state index < -0.39 is 0 Å². The monoisotopic (exact) mass is 308 g/mol. The third-order valence-electron chi connectivity index (χ3n) is 4.96. The summed E-state index contributed by atoms with van der Waals surface area (Å²) >= 11 is 0. The number of fused-ring (bicyclic) bond motifs is 2. The van der Waals surface area contributed by atoms with Gasteiger partial charge in [-0.05, 0) is 37.7 Å². The van der Waals surface area contributed by atoms with Crippen molar-refractivity contribution in [2.45, 2.75) is 0 Å². The Morgan fingerprint density at radius 1 is 0.500 bits per heavy atom. The van der Waals surface area contributed by atoms with E-state index in [4.69, 9.17) is 0 Å². The molecule has 0 aliphatic heterocycles. The molecule has 24 heavy (non-hydrogen) atoms. The Balaban J connectivity index is 2.24. The molecule has 0 bridgehead atoms. The SMILES string of the molecule is O=Cc1ccc2c3cccc4cccc(c5ccc(C=O)c1c25)c43. The Morgan fingerprint density at radius 3 is 1.50 bits per heavy atom. The summed E-state index contributed by atoms with van der Waals surface area (Å²) in [4.78, 5) is 23.1. The van der Waals surface area contributed by atoms with Crippen molar-refractivity contribution >= 4 is 55.7 Å². The molecule has 0 heterocycles. The number of carbonyl (C=O) groups is 2. The van der Waals surface area contributed by atoms with Crippen molar-refractivity contribution in [1.29, 1.82) is 0 Å². The van der Waals surface area contributed by atoms with Gasteiger partial charge >= 0.3 is 0 Å². The van der Waals surface area contributed by atoms with E-state index in [-0.39, 0.29) is 0 Å². The number of rotatable bonds is 2. The first-order valence-electron chi connectivity index (χ1n) is 7.86. The Hall–Kier alpha value is -3.26. The van der Waals surface area contributed by atoms with Crippen LogP contribution in [0.15, 0.2) is 60.7 Å². The molecule has 5 aromatic rings. The Bertz CT molecular complexity index is 1190. The zero-order valence-electron chi connectivity index (χ0n) is 12.7. The van der Waals surface area contributed by atoms with Gasteiger partial charge in [-0.2, -0.15) is 0 Å². The molecule has 5 aromatic carbocycles. The van der Waals surface area contributed by atoms with E-state index in [1.807, 2.05) is 24.3 Å². The molecule has 0 radical (unpaired) electrons. The molecule has 0 unspecified atom stereocenters. The van der Waals surface area contributed by atoms with Gasteiger partial charge in [-0.15, -0.1) is 0 Å². The van der Waals surface area contributed by atoms with Crippen molar-refractivity contribution in [2.24, 2.45) is 0 Å². The molecule has 0 fully saturated rings. The second kappa shape index (κ2) is 4.62. The zero-order chi connectivity index (χ0) is 16.3. The van der Waals surface area contributed by atoms with Crippen LogP contribution < -0.4 is 0 Å². The van der Waals surface area contributed by atoms with Gasteiger partial charge in [0.05, 0.1) is 0 Å². The summed E-state index contributed by atoms with van der Waals surface area (Å²) in [6.45, 7) is 0. The lowest BCUT2D eigenvalue weighted by molar-refractivity contribution is 0.112. The molecule has 0 spiro atoms. The van der Waals surface area contributed by atoms with E-state index in [1.165, 1.54) is 10.8 Å². The molecular weight excluding hydrogens is 296 g/mol. The van der Waals surface area contributed by atoms with Crippen LogP contribution in [0.3, 0.4) is 0 Å². The molecule has 0 aromatic heterocycles. The van der Waals surface area contributed by atoms with Gasteiger partial charge in [0.15, 0.2) is 12.6 Å². The standard InChI is InChI=1S/C22H12O2/c23-11-14-7-9-18-16-5-1-3-13-4-2-6-17(21(13)16)19-10-8-15(12-24)20(14)22(18)19/h1-12H. The minimum absolute atomic E-state index is 0.559. The van der Waals surface area contributed by atoms with E-state index >= 15 is 0 Å². The lowest BCUT2D eigenvalue weighted by atomic mass is 9.87. The number of carbonyl (C=O) groups excluding carboxylic acids is 2. The molecule has 0 saturated heterocycles. The van der Waals surface area contributed by atoms with E-state index in [9.17, 15) is 9.59 Å². The molecule has 2 nitrogen and oxygen atoms in total. The first-order valence-corrected chi connectivity index (χ1v) is 7.86. The van der Waals surface area contributed by atoms with Crippen LogP contribution in [0.1, 0.15) is 20.7 Å². The molecule has 0 atom stereocenters. The molecule has 0 amide bonds. The second-order valence-corrected chi connectivity index (χ2v) is 6.10. The Morgan fingerprint density at radius 2 is 1.00 bits per heavy atom. The summed E-state index contributed by atoms with van der Waals surface area (Å²) in [6, 6.07) is 20.2. The molecule has 2 heteroatoms. The summed E-state index contributed by atoms with van der Waals surface area (Å²) in [5.74, 6) is 0. The first-order chi connectivity index (χ1) is 11.8. The van der Waals surface area contributed by atoms with E-state index in [0.29, 0.717) is 11.1 Å². The molecule has 0 aliphatic carbocycles. The molecular formula is C22H12O2. The fraction of sp³-hybridized carbons (Fsp3) is 0. The highest BCUT2D eigenvalue weighted by atomic mass is 16.1. The average molecular weight is 308 g/mol. The van der Waals surface area contributed by atoms with Crippen molar-refractivity contribution in [3.8, 4) is 0 Å². The lowest BCUT2D eigenvalue weighted by Crippen LogP contribution is -1.94. The summed E-state index contributed by atoms with van der Waals surface area (Å²) in [6.07, 6.45) is 1.66. The smallest absolute Gasteiger partial charge is 0.150 e. The third kappa shape index (κ3) is 1.50. The van der Waals surface area contributed by atoms with Crippen molar-refractivity contribution in [1.82, 2.24) is 0 Å². The minimum Gasteiger partial charge on any atom is -0.298 e. The molecule has 5 rings (SSSR count). The lowest BCUT2D eigenvalue weighted by Gasteiger charge is -2.16. The quantitative estimate of drug-likeness (QED) is 0.250. The summed E-state index contributed by atoms with van der Waals surface area (Å²) < 4.78 is 0. The van der Waals surface area contributed by atoms with E-state index in [1.54, 1.807) is 0 Å². The van der Waals surface area contributed by atoms with Gasteiger partial charge in [0.2, 0.25) is 0 Å². The fourth-order valence-corrected chi connectivity index (χ4v) is 3.98. The van der Waals surface area contributed by atoms with Crippen LogP contribution in [0.25, 0.3) is 43.1 Å². The molecule has 112 valence electrons. The van der Waals surface area contributed by atoms with Crippen molar-refractivity contribution in [2.75, 3.05) is 0 Å². The van der Waals surface area contributed by atoms with Crippen LogP contribution in [-0.4, -0.2) is 12.6 Å². The topological polar surface area (TPSA) is 34.1 Å². The van der Waals surface area contributed by atoms with Crippen LogP contribution in [0.5, 0.6) is 0 Å². The number of aldehydes is 2. The highest BCUT2D eigenvalue weighted by Crippen LogP contribution is 2.41. The predicted octanol–water partition coefficient (Wildman–Crippen LogP) is 5.36. The van der Waals surface area contributed by atoms with Crippen LogP contribution >= 0.6 is 0 Å².